The van der Waals surface area contributed by atoms with Crippen molar-refractivity contribution in [1.82, 2.24) is 5.32 Å². The van der Waals surface area contributed by atoms with E-state index < -0.39 is 0 Å². The molecular weight excluding hydrogens is 272 g/mol. The van der Waals surface area contributed by atoms with Crippen LogP contribution in [0.1, 0.15) is 21.5 Å². The summed E-state index contributed by atoms with van der Waals surface area (Å²) in [4.78, 5) is 12.4. The van der Waals surface area contributed by atoms with E-state index in [0.29, 0.717) is 10.7 Å². The molecule has 3 rings (SSSR count). The summed E-state index contributed by atoms with van der Waals surface area (Å²) >= 11 is 5.93. The lowest BCUT2D eigenvalue weighted by Gasteiger charge is -2.20. The maximum absolute atomic E-state index is 12.4. The monoisotopic (exact) mass is 286 g/mol. The van der Waals surface area contributed by atoms with E-state index in [1.165, 1.54) is 5.56 Å². The number of benzene rings is 2. The number of anilines is 1. The van der Waals surface area contributed by atoms with E-state index in [2.05, 4.69) is 16.7 Å². The van der Waals surface area contributed by atoms with E-state index in [9.17, 15) is 4.79 Å². The Bertz CT molecular complexity index is 655. The minimum Gasteiger partial charge on any atom is -0.322 e. The van der Waals surface area contributed by atoms with Crippen molar-refractivity contribution >= 4 is 23.2 Å². The van der Waals surface area contributed by atoms with Gasteiger partial charge in [0, 0.05) is 22.8 Å². The summed E-state index contributed by atoms with van der Waals surface area (Å²) < 4.78 is 0. The van der Waals surface area contributed by atoms with Crippen LogP contribution in [0, 0.1) is 0 Å². The van der Waals surface area contributed by atoms with Gasteiger partial charge >= 0.3 is 0 Å². The normalized spacial score (nSPS) is 13.7. The SMILES string of the molecule is O=C(Nc1cccc(Cl)c1)c1cccc2c1CCNC2. The van der Waals surface area contributed by atoms with Crippen LogP contribution in [-0.4, -0.2) is 12.5 Å². The molecule has 0 aromatic heterocycles. The Morgan fingerprint density at radius 2 is 2.05 bits per heavy atom. The minimum atomic E-state index is -0.0778. The highest BCUT2D eigenvalue weighted by atomic mass is 35.5. The summed E-state index contributed by atoms with van der Waals surface area (Å²) in [7, 11) is 0. The first-order valence-electron chi connectivity index (χ1n) is 6.62. The van der Waals surface area contributed by atoms with Crippen LogP contribution in [0.25, 0.3) is 0 Å². The highest BCUT2D eigenvalue weighted by Gasteiger charge is 2.17. The van der Waals surface area contributed by atoms with Crippen LogP contribution in [0.3, 0.4) is 0 Å². The first-order chi connectivity index (χ1) is 9.74. The van der Waals surface area contributed by atoms with E-state index in [1.54, 1.807) is 12.1 Å². The molecule has 102 valence electrons. The number of nitrogens with one attached hydrogen (secondary N) is 2. The maximum atomic E-state index is 12.4. The van der Waals surface area contributed by atoms with E-state index >= 15 is 0 Å². The number of hydrogen-bond acceptors (Lipinski definition) is 2. The van der Waals surface area contributed by atoms with E-state index in [1.807, 2.05) is 24.3 Å². The second-order valence-corrected chi connectivity index (χ2v) is 5.27. The number of fused-ring (bicyclic) bond motifs is 1. The maximum Gasteiger partial charge on any atom is 0.255 e. The Kier molecular flexibility index (Phi) is 3.72. The largest absolute Gasteiger partial charge is 0.322 e. The zero-order valence-electron chi connectivity index (χ0n) is 10.9. The first-order valence-corrected chi connectivity index (χ1v) is 7.00. The van der Waals surface area contributed by atoms with Gasteiger partial charge in [-0.2, -0.15) is 0 Å². The molecule has 1 aliphatic heterocycles. The Hall–Kier alpha value is -1.84. The van der Waals surface area contributed by atoms with Crippen LogP contribution in [0.2, 0.25) is 5.02 Å². The molecule has 0 saturated heterocycles. The summed E-state index contributed by atoms with van der Waals surface area (Å²) in [5.74, 6) is -0.0778. The summed E-state index contributed by atoms with van der Waals surface area (Å²) in [6, 6.07) is 13.1. The predicted molar refractivity (Wildman–Crippen MR) is 81.3 cm³/mol. The fourth-order valence-electron chi connectivity index (χ4n) is 2.51. The van der Waals surface area contributed by atoms with Gasteiger partial charge in [-0.15, -0.1) is 0 Å². The Morgan fingerprint density at radius 1 is 1.20 bits per heavy atom. The standard InChI is InChI=1S/C16H15ClN2O/c17-12-4-2-5-13(9-12)19-16(20)15-6-1-3-11-10-18-8-7-14(11)15/h1-6,9,18H,7-8,10H2,(H,19,20). The Balaban J connectivity index is 1.88. The van der Waals surface area contributed by atoms with Gasteiger partial charge in [-0.3, -0.25) is 4.79 Å². The topological polar surface area (TPSA) is 41.1 Å². The van der Waals surface area contributed by atoms with Gasteiger partial charge in [0.2, 0.25) is 0 Å². The number of rotatable bonds is 2. The molecule has 3 nitrogen and oxygen atoms in total. The predicted octanol–water partition coefficient (Wildman–Crippen LogP) is 3.24. The molecule has 0 unspecified atom stereocenters. The average molecular weight is 287 g/mol. The van der Waals surface area contributed by atoms with Crippen LogP contribution in [-0.2, 0) is 13.0 Å². The molecule has 20 heavy (non-hydrogen) atoms. The van der Waals surface area contributed by atoms with Crippen molar-refractivity contribution in [2.24, 2.45) is 0 Å². The average Bonchev–Trinajstić information content (AvgIpc) is 2.46. The van der Waals surface area contributed by atoms with Crippen molar-refractivity contribution in [2.45, 2.75) is 13.0 Å². The van der Waals surface area contributed by atoms with Crippen LogP contribution < -0.4 is 10.6 Å². The molecule has 4 heteroatoms. The van der Waals surface area contributed by atoms with Gasteiger partial charge in [-0.05, 0) is 48.4 Å². The van der Waals surface area contributed by atoms with Crippen molar-refractivity contribution < 1.29 is 4.79 Å². The molecule has 0 saturated carbocycles. The summed E-state index contributed by atoms with van der Waals surface area (Å²) in [6.45, 7) is 1.74. The van der Waals surface area contributed by atoms with E-state index in [-0.39, 0.29) is 5.91 Å². The van der Waals surface area contributed by atoms with Gasteiger partial charge in [0.1, 0.15) is 0 Å². The summed E-state index contributed by atoms with van der Waals surface area (Å²) in [5, 5.41) is 6.83. The van der Waals surface area contributed by atoms with Crippen LogP contribution in [0.15, 0.2) is 42.5 Å². The molecule has 1 aliphatic rings. The smallest absolute Gasteiger partial charge is 0.255 e. The van der Waals surface area contributed by atoms with Crippen molar-refractivity contribution in [3.8, 4) is 0 Å². The van der Waals surface area contributed by atoms with Crippen molar-refractivity contribution in [3.05, 3.63) is 64.2 Å². The lowest BCUT2D eigenvalue weighted by Crippen LogP contribution is -2.26. The van der Waals surface area contributed by atoms with Gasteiger partial charge in [0.15, 0.2) is 0 Å². The van der Waals surface area contributed by atoms with E-state index in [4.69, 9.17) is 11.6 Å². The fraction of sp³-hybridized carbons (Fsp3) is 0.188. The molecule has 0 aliphatic carbocycles. The highest BCUT2D eigenvalue weighted by Crippen LogP contribution is 2.21. The molecule has 1 amide bonds. The lowest BCUT2D eigenvalue weighted by molar-refractivity contribution is 0.102. The van der Waals surface area contributed by atoms with Crippen molar-refractivity contribution in [3.63, 3.8) is 0 Å². The van der Waals surface area contributed by atoms with Gasteiger partial charge in [-0.1, -0.05) is 29.8 Å². The van der Waals surface area contributed by atoms with Crippen molar-refractivity contribution in [1.29, 1.82) is 0 Å². The molecule has 2 N–H and O–H groups in total. The van der Waals surface area contributed by atoms with Crippen LogP contribution >= 0.6 is 11.6 Å². The minimum absolute atomic E-state index is 0.0778. The highest BCUT2D eigenvalue weighted by molar-refractivity contribution is 6.31. The molecule has 1 heterocycles. The van der Waals surface area contributed by atoms with E-state index in [0.717, 1.165) is 30.6 Å². The zero-order valence-corrected chi connectivity index (χ0v) is 11.7. The molecular formula is C16H15ClN2O. The van der Waals surface area contributed by atoms with Gasteiger partial charge < -0.3 is 10.6 Å². The number of hydrogen-bond donors (Lipinski definition) is 2. The number of amides is 1. The number of halogens is 1. The summed E-state index contributed by atoms with van der Waals surface area (Å²) in [5.41, 5.74) is 3.82. The van der Waals surface area contributed by atoms with Crippen molar-refractivity contribution in [2.75, 3.05) is 11.9 Å². The second kappa shape index (κ2) is 5.65. The second-order valence-electron chi connectivity index (χ2n) is 4.83. The molecule has 0 spiro atoms. The third kappa shape index (κ3) is 2.69. The van der Waals surface area contributed by atoms with Gasteiger partial charge in [-0.25, -0.2) is 0 Å². The first kappa shape index (κ1) is 13.2. The zero-order chi connectivity index (χ0) is 13.9. The summed E-state index contributed by atoms with van der Waals surface area (Å²) in [6.07, 6.45) is 0.883. The lowest BCUT2D eigenvalue weighted by atomic mass is 9.95. The third-order valence-corrected chi connectivity index (χ3v) is 3.70. The molecule has 2 aromatic rings. The van der Waals surface area contributed by atoms with Crippen LogP contribution in [0.4, 0.5) is 5.69 Å². The quantitative estimate of drug-likeness (QED) is 0.890. The molecule has 2 aromatic carbocycles. The van der Waals surface area contributed by atoms with Gasteiger partial charge in [0.05, 0.1) is 0 Å². The Labute approximate surface area is 123 Å². The van der Waals surface area contributed by atoms with Crippen LogP contribution in [0.5, 0.6) is 0 Å². The molecule has 0 radical (unpaired) electrons. The number of carbonyl (C=O) groups is 1. The number of carbonyl (C=O) groups excluding carboxylic acids is 1. The third-order valence-electron chi connectivity index (χ3n) is 3.47. The molecule has 0 fully saturated rings. The molecule has 0 bridgehead atoms. The molecule has 0 atom stereocenters. The Morgan fingerprint density at radius 3 is 2.90 bits per heavy atom. The van der Waals surface area contributed by atoms with Gasteiger partial charge in [0.25, 0.3) is 5.91 Å². The fourth-order valence-corrected chi connectivity index (χ4v) is 2.70.